The molecular formula is C24H16N6. The molecule has 2 heterocycles. The van der Waals surface area contributed by atoms with E-state index in [0.29, 0.717) is 33.9 Å². The Kier molecular flexibility index (Phi) is 5.45. The van der Waals surface area contributed by atoms with Crippen LogP contribution in [0.1, 0.15) is 22.3 Å². The van der Waals surface area contributed by atoms with Crippen LogP contribution < -0.4 is 0 Å². The normalized spacial score (nSPS) is 10.0. The smallest absolute Gasteiger partial charge is 0.329 e. The Balaban J connectivity index is 1.74. The number of rotatable bonds is 5. The summed E-state index contributed by atoms with van der Waals surface area (Å²) in [6.45, 7) is 0. The minimum Gasteiger partial charge on any atom is -0.361 e. The first kappa shape index (κ1) is 18.8. The first-order valence-corrected chi connectivity index (χ1v) is 9.28. The molecule has 0 aliphatic heterocycles. The molecule has 0 spiro atoms. The summed E-state index contributed by atoms with van der Waals surface area (Å²) in [7, 11) is 0. The standard InChI is InChI=1S/C24H16N6/c25-29-23(17-7-3-1-4-8-17)19-11-13-27-21(15-19)22-16-20(12-14-28-22)24(30-26)18-9-5-2-6-10-18/h1-16H. The van der Waals surface area contributed by atoms with Crippen molar-refractivity contribution < 1.29 is 9.58 Å². The van der Waals surface area contributed by atoms with Gasteiger partial charge in [-0.2, -0.15) is 9.58 Å². The Morgan fingerprint density at radius 1 is 0.533 bits per heavy atom. The molecule has 0 atom stereocenters. The van der Waals surface area contributed by atoms with Gasteiger partial charge in [0.15, 0.2) is 0 Å². The van der Waals surface area contributed by atoms with Crippen molar-refractivity contribution in [1.82, 2.24) is 9.97 Å². The molecule has 0 saturated carbocycles. The van der Waals surface area contributed by atoms with E-state index < -0.39 is 0 Å². The number of hydrogen-bond donors (Lipinski definition) is 0. The number of nitrogens with zero attached hydrogens (tertiary/aromatic N) is 6. The third-order valence-corrected chi connectivity index (χ3v) is 4.62. The zero-order chi connectivity index (χ0) is 20.8. The van der Waals surface area contributed by atoms with Crippen LogP contribution in [0.4, 0.5) is 0 Å². The molecule has 4 rings (SSSR count). The zero-order valence-corrected chi connectivity index (χ0v) is 15.9. The molecule has 0 fully saturated rings. The number of aromatic nitrogens is 2. The highest BCUT2D eigenvalue weighted by atomic mass is 14.9. The van der Waals surface area contributed by atoms with Gasteiger partial charge in [-0.1, -0.05) is 36.4 Å². The van der Waals surface area contributed by atoms with E-state index in [1.165, 1.54) is 0 Å². The van der Waals surface area contributed by atoms with Crippen LogP contribution in [0.25, 0.3) is 22.5 Å². The van der Waals surface area contributed by atoms with E-state index in [-0.39, 0.29) is 0 Å². The lowest BCUT2D eigenvalue weighted by Crippen LogP contribution is -2.06. The molecular weight excluding hydrogens is 372 g/mol. The SMILES string of the molecule is [N-]=[N+]=C(c1ccccc1)c1ccnc(-c2cc(C(=[N+]=[N-])c3ccccc3)ccn2)c1. The maximum atomic E-state index is 9.58. The van der Waals surface area contributed by atoms with Crippen molar-refractivity contribution in [3.05, 3.63) is 131 Å². The van der Waals surface area contributed by atoms with E-state index in [1.807, 2.05) is 72.8 Å². The van der Waals surface area contributed by atoms with Crippen molar-refractivity contribution in [3.63, 3.8) is 0 Å². The van der Waals surface area contributed by atoms with Gasteiger partial charge in [-0.05, 0) is 48.5 Å². The third kappa shape index (κ3) is 3.86. The van der Waals surface area contributed by atoms with Gasteiger partial charge in [0, 0.05) is 12.4 Å². The molecule has 6 heteroatoms. The van der Waals surface area contributed by atoms with Crippen LogP contribution in [-0.4, -0.2) is 31.0 Å². The Morgan fingerprint density at radius 2 is 0.933 bits per heavy atom. The molecule has 0 saturated heterocycles. The van der Waals surface area contributed by atoms with Crippen LogP contribution in [0.15, 0.2) is 97.3 Å². The second-order valence-electron chi connectivity index (χ2n) is 6.49. The van der Waals surface area contributed by atoms with Crippen LogP contribution >= 0.6 is 0 Å². The maximum absolute atomic E-state index is 9.58. The Morgan fingerprint density at radius 3 is 1.30 bits per heavy atom. The van der Waals surface area contributed by atoms with Gasteiger partial charge in [0.25, 0.3) is 0 Å². The largest absolute Gasteiger partial charge is 0.361 e. The average molecular weight is 388 g/mol. The lowest BCUT2D eigenvalue weighted by Gasteiger charge is -2.04. The van der Waals surface area contributed by atoms with Crippen LogP contribution in [0, 0.1) is 0 Å². The van der Waals surface area contributed by atoms with E-state index in [9.17, 15) is 11.1 Å². The fourth-order valence-corrected chi connectivity index (χ4v) is 3.19. The van der Waals surface area contributed by atoms with Gasteiger partial charge in [-0.25, -0.2) is 0 Å². The summed E-state index contributed by atoms with van der Waals surface area (Å²) in [6.07, 6.45) is 3.29. The number of hydrogen-bond acceptors (Lipinski definition) is 2. The fourth-order valence-electron chi connectivity index (χ4n) is 3.19. The highest BCUT2D eigenvalue weighted by molar-refractivity contribution is 6.10. The Labute approximate surface area is 173 Å². The molecule has 0 aliphatic carbocycles. The van der Waals surface area contributed by atoms with E-state index >= 15 is 0 Å². The minimum atomic E-state index is 0.442. The van der Waals surface area contributed by atoms with Crippen LogP contribution in [0.5, 0.6) is 0 Å². The highest BCUT2D eigenvalue weighted by Gasteiger charge is 2.19. The second-order valence-corrected chi connectivity index (χ2v) is 6.49. The van der Waals surface area contributed by atoms with Crippen molar-refractivity contribution in [3.8, 4) is 11.4 Å². The fraction of sp³-hybridized carbons (Fsp3) is 0. The average Bonchev–Trinajstić information content (AvgIpc) is 2.82. The summed E-state index contributed by atoms with van der Waals surface area (Å²) in [4.78, 5) is 15.8. The van der Waals surface area contributed by atoms with Gasteiger partial charge in [0.1, 0.15) is 0 Å². The van der Waals surface area contributed by atoms with Crippen molar-refractivity contribution >= 4 is 11.4 Å². The Bertz CT molecular complexity index is 1180. The van der Waals surface area contributed by atoms with Gasteiger partial charge < -0.3 is 11.1 Å². The molecule has 0 amide bonds. The van der Waals surface area contributed by atoms with Gasteiger partial charge in [-0.3, -0.25) is 9.97 Å². The van der Waals surface area contributed by atoms with Crippen molar-refractivity contribution in [2.75, 3.05) is 0 Å². The quantitative estimate of drug-likeness (QED) is 0.290. The molecule has 6 nitrogen and oxygen atoms in total. The molecule has 0 N–H and O–H groups in total. The molecule has 142 valence electrons. The maximum Gasteiger partial charge on any atom is 0.329 e. The predicted molar refractivity (Wildman–Crippen MR) is 114 cm³/mol. The number of benzene rings is 2. The van der Waals surface area contributed by atoms with Gasteiger partial charge >= 0.3 is 11.4 Å². The molecule has 2 aromatic carbocycles. The van der Waals surface area contributed by atoms with E-state index in [4.69, 9.17) is 0 Å². The lowest BCUT2D eigenvalue weighted by molar-refractivity contribution is -0.00324. The summed E-state index contributed by atoms with van der Waals surface area (Å²) in [6, 6.07) is 26.0. The molecule has 2 aromatic heterocycles. The molecule has 0 radical (unpaired) electrons. The predicted octanol–water partition coefficient (Wildman–Crippen LogP) is 4.28. The van der Waals surface area contributed by atoms with Crippen LogP contribution in [0.3, 0.4) is 0 Å². The first-order chi connectivity index (χ1) is 14.8. The lowest BCUT2D eigenvalue weighted by atomic mass is 10.0. The number of pyridine rings is 2. The monoisotopic (exact) mass is 388 g/mol. The third-order valence-electron chi connectivity index (χ3n) is 4.62. The van der Waals surface area contributed by atoms with Gasteiger partial charge in [0.2, 0.25) is 0 Å². The molecule has 0 bridgehead atoms. The molecule has 30 heavy (non-hydrogen) atoms. The van der Waals surface area contributed by atoms with Gasteiger partial charge in [-0.15, -0.1) is 0 Å². The first-order valence-electron chi connectivity index (χ1n) is 9.28. The summed E-state index contributed by atoms with van der Waals surface area (Å²) >= 11 is 0. The van der Waals surface area contributed by atoms with Gasteiger partial charge in [0.05, 0.1) is 33.6 Å². The second kappa shape index (κ2) is 8.67. The zero-order valence-electron chi connectivity index (χ0n) is 15.9. The van der Waals surface area contributed by atoms with Crippen molar-refractivity contribution in [2.45, 2.75) is 0 Å². The molecule has 0 aliphatic rings. The van der Waals surface area contributed by atoms with E-state index in [1.54, 1.807) is 24.5 Å². The van der Waals surface area contributed by atoms with Crippen LogP contribution in [-0.2, 0) is 0 Å². The highest BCUT2D eigenvalue weighted by Crippen LogP contribution is 2.20. The van der Waals surface area contributed by atoms with Crippen molar-refractivity contribution in [1.29, 1.82) is 0 Å². The summed E-state index contributed by atoms with van der Waals surface area (Å²) in [5, 5.41) is 0. The molecule has 4 aromatic rings. The van der Waals surface area contributed by atoms with E-state index in [0.717, 1.165) is 11.1 Å². The van der Waals surface area contributed by atoms with E-state index in [2.05, 4.69) is 19.5 Å². The Hall–Kier alpha value is -4.50. The summed E-state index contributed by atoms with van der Waals surface area (Å²) in [5.41, 5.74) is 24.3. The molecule has 0 unspecified atom stereocenters. The summed E-state index contributed by atoms with van der Waals surface area (Å²) < 4.78 is 0. The van der Waals surface area contributed by atoms with Crippen LogP contribution in [0.2, 0.25) is 0 Å². The topological polar surface area (TPSA) is 98.6 Å². The summed E-state index contributed by atoms with van der Waals surface area (Å²) in [5.74, 6) is 0. The van der Waals surface area contributed by atoms with Crippen molar-refractivity contribution in [2.24, 2.45) is 0 Å². The minimum absolute atomic E-state index is 0.442.